The van der Waals surface area contributed by atoms with Crippen LogP contribution in [0.2, 0.25) is 0 Å². The smallest absolute Gasteiger partial charge is 0.338 e. The molecule has 0 aliphatic carbocycles. The lowest BCUT2D eigenvalue weighted by Crippen LogP contribution is -2.22. The summed E-state index contributed by atoms with van der Waals surface area (Å²) < 4.78 is 4.99. The van der Waals surface area contributed by atoms with E-state index >= 15 is 0 Å². The fourth-order valence-electron chi connectivity index (χ4n) is 1.91. The SMILES string of the molecule is CC(=O)NCCc1ccc(C(=O)COC(=O)c2ccc(O)cc2)s1. The lowest BCUT2D eigenvalue weighted by atomic mass is 10.2. The van der Waals surface area contributed by atoms with Crippen molar-refractivity contribution in [3.05, 3.63) is 51.7 Å². The normalized spacial score (nSPS) is 10.2. The van der Waals surface area contributed by atoms with Gasteiger partial charge in [-0.25, -0.2) is 4.79 Å². The summed E-state index contributed by atoms with van der Waals surface area (Å²) in [6, 6.07) is 9.10. The molecule has 7 heteroatoms. The van der Waals surface area contributed by atoms with Gasteiger partial charge >= 0.3 is 5.97 Å². The summed E-state index contributed by atoms with van der Waals surface area (Å²) in [5.41, 5.74) is 0.266. The molecular formula is C17H17NO5S. The maximum absolute atomic E-state index is 12.1. The van der Waals surface area contributed by atoms with Gasteiger partial charge < -0.3 is 15.2 Å². The van der Waals surface area contributed by atoms with Crippen molar-refractivity contribution in [3.8, 4) is 5.75 Å². The lowest BCUT2D eigenvalue weighted by molar-refractivity contribution is -0.118. The quantitative estimate of drug-likeness (QED) is 0.591. The number of phenols is 1. The van der Waals surface area contributed by atoms with Gasteiger partial charge in [-0.2, -0.15) is 0 Å². The van der Waals surface area contributed by atoms with Gasteiger partial charge in [0.1, 0.15) is 5.75 Å². The van der Waals surface area contributed by atoms with Crippen molar-refractivity contribution < 1.29 is 24.2 Å². The number of thiophene rings is 1. The summed E-state index contributed by atoms with van der Waals surface area (Å²) in [4.78, 5) is 36.1. The first-order valence-electron chi connectivity index (χ1n) is 7.28. The summed E-state index contributed by atoms with van der Waals surface area (Å²) in [7, 11) is 0. The van der Waals surface area contributed by atoms with Crippen molar-refractivity contribution in [2.24, 2.45) is 0 Å². The molecule has 0 fully saturated rings. The molecule has 1 aromatic heterocycles. The molecular weight excluding hydrogens is 330 g/mol. The fraction of sp³-hybridized carbons (Fsp3) is 0.235. The van der Waals surface area contributed by atoms with Crippen LogP contribution in [0, 0.1) is 0 Å². The van der Waals surface area contributed by atoms with Crippen LogP contribution >= 0.6 is 11.3 Å². The van der Waals surface area contributed by atoms with E-state index in [9.17, 15) is 19.5 Å². The molecule has 2 aromatic rings. The van der Waals surface area contributed by atoms with Gasteiger partial charge in [-0.3, -0.25) is 9.59 Å². The first-order chi connectivity index (χ1) is 11.5. The third-order valence-corrected chi connectivity index (χ3v) is 4.31. The zero-order valence-corrected chi connectivity index (χ0v) is 13.9. The number of ether oxygens (including phenoxy) is 1. The monoisotopic (exact) mass is 347 g/mol. The minimum absolute atomic E-state index is 0.0491. The summed E-state index contributed by atoms with van der Waals surface area (Å²) in [5, 5.41) is 11.9. The number of phenolic OH excluding ortho intramolecular Hbond substituents is 1. The molecule has 0 aliphatic rings. The number of aromatic hydroxyl groups is 1. The lowest BCUT2D eigenvalue weighted by Gasteiger charge is -2.03. The second kappa shape index (κ2) is 8.26. The zero-order valence-electron chi connectivity index (χ0n) is 13.1. The highest BCUT2D eigenvalue weighted by Crippen LogP contribution is 2.18. The Bertz CT molecular complexity index is 736. The molecule has 0 aliphatic heterocycles. The number of ketones is 1. The Kier molecular flexibility index (Phi) is 6.08. The van der Waals surface area contributed by atoms with Crippen LogP contribution in [0.15, 0.2) is 36.4 Å². The highest BCUT2D eigenvalue weighted by Gasteiger charge is 2.14. The van der Waals surface area contributed by atoms with Crippen LogP contribution in [0.4, 0.5) is 0 Å². The van der Waals surface area contributed by atoms with E-state index in [-0.39, 0.29) is 29.6 Å². The molecule has 0 atom stereocenters. The number of carbonyl (C=O) groups excluding carboxylic acids is 3. The fourth-order valence-corrected chi connectivity index (χ4v) is 2.84. The number of rotatable bonds is 7. The van der Waals surface area contributed by atoms with Gasteiger partial charge in [-0.1, -0.05) is 0 Å². The Labute approximate surface area is 143 Å². The molecule has 126 valence electrons. The van der Waals surface area contributed by atoms with E-state index in [1.54, 1.807) is 6.07 Å². The number of benzene rings is 1. The Balaban J connectivity index is 1.84. The first kappa shape index (κ1) is 17.7. The Hall–Kier alpha value is -2.67. The summed E-state index contributed by atoms with van der Waals surface area (Å²) in [6.07, 6.45) is 0.644. The highest BCUT2D eigenvalue weighted by atomic mass is 32.1. The molecule has 1 amide bonds. The van der Waals surface area contributed by atoms with E-state index in [0.29, 0.717) is 17.8 Å². The van der Waals surface area contributed by atoms with Crippen LogP contribution < -0.4 is 5.32 Å². The minimum atomic E-state index is -0.620. The van der Waals surface area contributed by atoms with Crippen LogP contribution in [0.1, 0.15) is 31.8 Å². The van der Waals surface area contributed by atoms with Crippen molar-refractivity contribution >= 4 is 29.0 Å². The maximum atomic E-state index is 12.1. The maximum Gasteiger partial charge on any atom is 0.338 e. The van der Waals surface area contributed by atoms with Crippen molar-refractivity contribution in [1.82, 2.24) is 5.32 Å². The Morgan fingerprint density at radius 2 is 1.83 bits per heavy atom. The molecule has 6 nitrogen and oxygen atoms in total. The van der Waals surface area contributed by atoms with Crippen LogP contribution in [0.25, 0.3) is 0 Å². The molecule has 2 rings (SSSR count). The molecule has 0 saturated carbocycles. The average molecular weight is 347 g/mol. The second-order valence-electron chi connectivity index (χ2n) is 5.05. The molecule has 24 heavy (non-hydrogen) atoms. The van der Waals surface area contributed by atoms with Gasteiger partial charge in [0.2, 0.25) is 11.7 Å². The second-order valence-corrected chi connectivity index (χ2v) is 6.21. The Morgan fingerprint density at radius 3 is 2.50 bits per heavy atom. The van der Waals surface area contributed by atoms with Gasteiger partial charge in [-0.15, -0.1) is 11.3 Å². The summed E-state index contributed by atoms with van der Waals surface area (Å²) in [5.74, 6) is -0.944. The summed E-state index contributed by atoms with van der Waals surface area (Å²) in [6.45, 7) is 1.62. The third-order valence-electron chi connectivity index (χ3n) is 3.12. The average Bonchev–Trinajstić information content (AvgIpc) is 3.01. The van der Waals surface area contributed by atoms with Crippen molar-refractivity contribution in [2.75, 3.05) is 13.2 Å². The van der Waals surface area contributed by atoms with E-state index in [1.165, 1.54) is 42.5 Å². The van der Waals surface area contributed by atoms with Crippen LogP contribution in [-0.4, -0.2) is 35.9 Å². The van der Waals surface area contributed by atoms with Gasteiger partial charge in [0.25, 0.3) is 0 Å². The summed E-state index contributed by atoms with van der Waals surface area (Å²) >= 11 is 1.32. The predicted molar refractivity (Wildman–Crippen MR) is 89.4 cm³/mol. The largest absolute Gasteiger partial charge is 0.508 e. The van der Waals surface area contributed by atoms with Crippen LogP contribution in [0.5, 0.6) is 5.75 Å². The van der Waals surface area contributed by atoms with Gasteiger partial charge in [0.05, 0.1) is 10.4 Å². The van der Waals surface area contributed by atoms with Gasteiger partial charge in [0.15, 0.2) is 6.61 Å². The van der Waals surface area contributed by atoms with Crippen LogP contribution in [0.3, 0.4) is 0 Å². The topological polar surface area (TPSA) is 92.7 Å². The molecule has 1 heterocycles. The third kappa shape index (κ3) is 5.20. The predicted octanol–water partition coefficient (Wildman–Crippen LogP) is 2.17. The number of esters is 1. The molecule has 1 aromatic carbocycles. The van der Waals surface area contributed by atoms with E-state index in [1.807, 2.05) is 6.07 Å². The van der Waals surface area contributed by atoms with Crippen LogP contribution in [-0.2, 0) is 16.0 Å². The highest BCUT2D eigenvalue weighted by molar-refractivity contribution is 7.14. The number of hydrogen-bond acceptors (Lipinski definition) is 6. The number of Topliss-reactive ketones (excluding diaryl/α,β-unsaturated/α-hetero) is 1. The van der Waals surface area contributed by atoms with E-state index in [4.69, 9.17) is 4.74 Å². The number of nitrogens with one attached hydrogen (secondary N) is 1. The van der Waals surface area contributed by atoms with Gasteiger partial charge in [0, 0.05) is 18.3 Å². The van der Waals surface area contributed by atoms with Crippen molar-refractivity contribution in [2.45, 2.75) is 13.3 Å². The molecule has 0 radical (unpaired) electrons. The first-order valence-corrected chi connectivity index (χ1v) is 8.10. The van der Waals surface area contributed by atoms with Gasteiger partial charge in [-0.05, 0) is 42.8 Å². The van der Waals surface area contributed by atoms with E-state index in [2.05, 4.69) is 5.32 Å². The molecule has 0 spiro atoms. The molecule has 0 saturated heterocycles. The number of hydrogen-bond donors (Lipinski definition) is 2. The number of carbonyl (C=O) groups is 3. The molecule has 0 bridgehead atoms. The molecule has 0 unspecified atom stereocenters. The number of amides is 1. The van der Waals surface area contributed by atoms with Crippen molar-refractivity contribution in [3.63, 3.8) is 0 Å². The van der Waals surface area contributed by atoms with E-state index in [0.717, 1.165) is 4.88 Å². The van der Waals surface area contributed by atoms with Crippen molar-refractivity contribution in [1.29, 1.82) is 0 Å². The Morgan fingerprint density at radius 1 is 1.12 bits per heavy atom. The zero-order chi connectivity index (χ0) is 17.5. The minimum Gasteiger partial charge on any atom is -0.508 e. The standard InChI is InChI=1S/C17H17NO5S/c1-11(19)18-9-8-14-6-7-16(24-14)15(21)10-23-17(22)12-2-4-13(20)5-3-12/h2-7,20H,8-10H2,1H3,(H,18,19). The molecule has 2 N–H and O–H groups in total. The van der Waals surface area contributed by atoms with E-state index < -0.39 is 5.97 Å².